The Morgan fingerprint density at radius 2 is 2.04 bits per heavy atom. The van der Waals surface area contributed by atoms with Crippen LogP contribution < -0.4 is 10.1 Å². The van der Waals surface area contributed by atoms with Crippen molar-refractivity contribution in [3.05, 3.63) is 28.8 Å². The second kappa shape index (κ2) is 8.78. The minimum absolute atomic E-state index is 0.0958. The molecular weight excluding hydrogens is 326 g/mol. The number of rotatable bonds is 8. The summed E-state index contributed by atoms with van der Waals surface area (Å²) in [5.74, 6) is 0.0958. The first kappa shape index (κ1) is 18.4. The molecule has 0 saturated carbocycles. The van der Waals surface area contributed by atoms with Crippen molar-refractivity contribution in [3.63, 3.8) is 0 Å². The largest absolute Gasteiger partial charge is 0.434 e. The van der Waals surface area contributed by atoms with E-state index in [9.17, 15) is 13.9 Å². The maximum absolute atomic E-state index is 12.5. The Kier molecular flexibility index (Phi) is 7.02. The van der Waals surface area contributed by atoms with Gasteiger partial charge in [-0.2, -0.15) is 8.78 Å². The average Bonchev–Trinajstić information content (AvgIpc) is 2.99. The van der Waals surface area contributed by atoms with Gasteiger partial charge in [0.15, 0.2) is 0 Å². The summed E-state index contributed by atoms with van der Waals surface area (Å²) in [6.07, 6.45) is 1.84. The van der Waals surface area contributed by atoms with Crippen molar-refractivity contribution in [3.8, 4) is 5.75 Å². The van der Waals surface area contributed by atoms with Gasteiger partial charge in [-0.25, -0.2) is 0 Å². The molecule has 0 aromatic heterocycles. The van der Waals surface area contributed by atoms with Crippen LogP contribution in [0.1, 0.15) is 31.4 Å². The molecule has 0 spiro atoms. The van der Waals surface area contributed by atoms with Crippen molar-refractivity contribution < 1.29 is 18.6 Å². The fourth-order valence-corrected chi connectivity index (χ4v) is 2.99. The SMILES string of the molecule is CC(NCC(O)CN1CCCC1)c1cc(Cl)ccc1OC(F)F. The fourth-order valence-electron chi connectivity index (χ4n) is 2.81. The number of ether oxygens (including phenoxy) is 1. The zero-order valence-electron chi connectivity index (χ0n) is 13.1. The number of benzene rings is 1. The van der Waals surface area contributed by atoms with E-state index in [0.29, 0.717) is 23.7 Å². The third-order valence-electron chi connectivity index (χ3n) is 3.98. The summed E-state index contributed by atoms with van der Waals surface area (Å²) in [4.78, 5) is 2.22. The van der Waals surface area contributed by atoms with Gasteiger partial charge in [0.2, 0.25) is 0 Å². The number of nitrogens with zero attached hydrogens (tertiary/aromatic N) is 1. The molecule has 0 amide bonds. The summed E-state index contributed by atoms with van der Waals surface area (Å²) < 4.78 is 29.5. The number of hydrogen-bond acceptors (Lipinski definition) is 4. The first-order valence-corrected chi connectivity index (χ1v) is 8.21. The van der Waals surface area contributed by atoms with Crippen molar-refractivity contribution in [1.29, 1.82) is 0 Å². The minimum Gasteiger partial charge on any atom is -0.434 e. The van der Waals surface area contributed by atoms with E-state index >= 15 is 0 Å². The van der Waals surface area contributed by atoms with Gasteiger partial charge in [-0.3, -0.25) is 0 Å². The van der Waals surface area contributed by atoms with E-state index in [-0.39, 0.29) is 11.8 Å². The van der Waals surface area contributed by atoms with Crippen LogP contribution in [0.5, 0.6) is 5.75 Å². The first-order valence-electron chi connectivity index (χ1n) is 7.83. The second-order valence-corrected chi connectivity index (χ2v) is 6.29. The number of halogens is 3. The Morgan fingerprint density at radius 3 is 2.70 bits per heavy atom. The fraction of sp³-hybridized carbons (Fsp3) is 0.625. The molecule has 2 rings (SSSR count). The van der Waals surface area contributed by atoms with Gasteiger partial charge in [0.05, 0.1) is 6.10 Å². The summed E-state index contributed by atoms with van der Waals surface area (Å²) in [5.41, 5.74) is 0.547. The molecule has 1 heterocycles. The molecule has 130 valence electrons. The lowest BCUT2D eigenvalue weighted by molar-refractivity contribution is -0.0507. The van der Waals surface area contributed by atoms with E-state index in [4.69, 9.17) is 11.6 Å². The molecule has 0 aliphatic carbocycles. The number of alkyl halides is 2. The molecule has 2 N–H and O–H groups in total. The average molecular weight is 349 g/mol. The summed E-state index contributed by atoms with van der Waals surface area (Å²) in [7, 11) is 0. The van der Waals surface area contributed by atoms with Crippen LogP contribution in [0.15, 0.2) is 18.2 Å². The molecule has 1 aliphatic heterocycles. The number of aliphatic hydroxyl groups is 1. The molecule has 7 heteroatoms. The number of β-amino-alcohol motifs (C(OH)–C–C–N with tert-alkyl or cyclic N) is 1. The maximum atomic E-state index is 12.5. The third kappa shape index (κ3) is 5.88. The van der Waals surface area contributed by atoms with Gasteiger partial charge in [0.25, 0.3) is 0 Å². The number of nitrogens with one attached hydrogen (secondary N) is 1. The quantitative estimate of drug-likeness (QED) is 0.758. The van der Waals surface area contributed by atoms with E-state index in [2.05, 4.69) is 15.0 Å². The first-order chi connectivity index (χ1) is 11.0. The summed E-state index contributed by atoms with van der Waals surface area (Å²) in [6, 6.07) is 4.28. The van der Waals surface area contributed by atoms with E-state index in [1.807, 2.05) is 6.92 Å². The van der Waals surface area contributed by atoms with Crippen molar-refractivity contribution >= 4 is 11.6 Å². The molecule has 23 heavy (non-hydrogen) atoms. The molecular formula is C16H23ClF2N2O2. The Bertz CT molecular complexity index is 499. The third-order valence-corrected chi connectivity index (χ3v) is 4.22. The van der Waals surface area contributed by atoms with Crippen LogP contribution in [0, 0.1) is 0 Å². The smallest absolute Gasteiger partial charge is 0.387 e. The second-order valence-electron chi connectivity index (χ2n) is 5.85. The van der Waals surface area contributed by atoms with Gasteiger partial charge >= 0.3 is 6.61 Å². The van der Waals surface area contributed by atoms with Crippen LogP contribution in [0.2, 0.25) is 5.02 Å². The molecule has 2 unspecified atom stereocenters. The Morgan fingerprint density at radius 1 is 1.35 bits per heavy atom. The van der Waals surface area contributed by atoms with Gasteiger partial charge in [-0.15, -0.1) is 0 Å². The molecule has 1 aliphatic rings. The molecule has 4 nitrogen and oxygen atoms in total. The number of aliphatic hydroxyl groups excluding tert-OH is 1. The zero-order valence-corrected chi connectivity index (χ0v) is 13.9. The van der Waals surface area contributed by atoms with Gasteiger partial charge in [-0.1, -0.05) is 11.6 Å². The molecule has 0 radical (unpaired) electrons. The van der Waals surface area contributed by atoms with Gasteiger partial charge in [0, 0.05) is 29.7 Å². The van der Waals surface area contributed by atoms with Crippen LogP contribution in [0.3, 0.4) is 0 Å². The Labute approximate surface area is 140 Å². The highest BCUT2D eigenvalue weighted by atomic mass is 35.5. The van der Waals surface area contributed by atoms with Crippen molar-refractivity contribution in [2.45, 2.75) is 38.5 Å². The van der Waals surface area contributed by atoms with E-state index in [1.165, 1.54) is 25.0 Å². The predicted octanol–water partition coefficient (Wildman–Crippen LogP) is 3.05. The van der Waals surface area contributed by atoms with Crippen molar-refractivity contribution in [2.24, 2.45) is 0 Å². The minimum atomic E-state index is -2.89. The predicted molar refractivity (Wildman–Crippen MR) is 86.2 cm³/mol. The van der Waals surface area contributed by atoms with Crippen LogP contribution in [-0.4, -0.2) is 48.9 Å². The van der Waals surface area contributed by atoms with Crippen molar-refractivity contribution in [2.75, 3.05) is 26.2 Å². The van der Waals surface area contributed by atoms with Crippen LogP contribution in [0.25, 0.3) is 0 Å². The van der Waals surface area contributed by atoms with E-state index < -0.39 is 12.7 Å². The lowest BCUT2D eigenvalue weighted by atomic mass is 10.1. The topological polar surface area (TPSA) is 44.7 Å². The zero-order chi connectivity index (χ0) is 16.8. The van der Waals surface area contributed by atoms with Crippen LogP contribution in [-0.2, 0) is 0 Å². The molecule has 1 fully saturated rings. The summed E-state index contributed by atoms with van der Waals surface area (Å²) in [6.45, 7) is 1.98. The highest BCUT2D eigenvalue weighted by molar-refractivity contribution is 6.30. The standard InChI is InChI=1S/C16H23ClF2N2O2/c1-11(20-9-13(22)10-21-6-2-3-7-21)14-8-12(17)4-5-15(14)23-16(18)19/h4-5,8,11,13,16,20,22H,2-3,6-7,9-10H2,1H3. The number of hydrogen-bond donors (Lipinski definition) is 2. The molecule has 2 atom stereocenters. The van der Waals surface area contributed by atoms with Crippen LogP contribution in [0.4, 0.5) is 8.78 Å². The molecule has 0 bridgehead atoms. The molecule has 1 aromatic carbocycles. The monoisotopic (exact) mass is 348 g/mol. The Balaban J connectivity index is 1.91. The summed E-state index contributed by atoms with van der Waals surface area (Å²) >= 11 is 5.95. The Hall–Kier alpha value is -0.950. The summed E-state index contributed by atoms with van der Waals surface area (Å²) in [5, 5.41) is 13.7. The lowest BCUT2D eigenvalue weighted by Gasteiger charge is -2.23. The van der Waals surface area contributed by atoms with Crippen molar-refractivity contribution in [1.82, 2.24) is 10.2 Å². The highest BCUT2D eigenvalue weighted by Crippen LogP contribution is 2.29. The maximum Gasteiger partial charge on any atom is 0.387 e. The van der Waals surface area contributed by atoms with Gasteiger partial charge < -0.3 is 20.1 Å². The molecule has 1 saturated heterocycles. The normalized spacial score (nSPS) is 18.3. The van der Waals surface area contributed by atoms with Gasteiger partial charge in [0.1, 0.15) is 5.75 Å². The van der Waals surface area contributed by atoms with Crippen LogP contribution >= 0.6 is 11.6 Å². The lowest BCUT2D eigenvalue weighted by Crippen LogP contribution is -2.37. The number of likely N-dealkylation sites (tertiary alicyclic amines) is 1. The van der Waals surface area contributed by atoms with E-state index in [0.717, 1.165) is 13.1 Å². The van der Waals surface area contributed by atoms with E-state index in [1.54, 1.807) is 6.07 Å². The molecule has 1 aromatic rings. The van der Waals surface area contributed by atoms with Gasteiger partial charge in [-0.05, 0) is 51.1 Å². The highest BCUT2D eigenvalue weighted by Gasteiger charge is 2.19.